The molecule has 2 aliphatic rings. The van der Waals surface area contributed by atoms with Crippen molar-refractivity contribution in [1.82, 2.24) is 10.2 Å². The van der Waals surface area contributed by atoms with Crippen LogP contribution in [0, 0.1) is 11.8 Å². The van der Waals surface area contributed by atoms with Gasteiger partial charge in [0, 0.05) is 32.1 Å². The fraction of sp³-hybridized carbons (Fsp3) is 0.545. The van der Waals surface area contributed by atoms with E-state index in [1.807, 2.05) is 0 Å². The highest BCUT2D eigenvalue weighted by Gasteiger charge is 2.38. The number of hydrogen-bond donors (Lipinski definition) is 2. The molecule has 10 heteroatoms. The van der Waals surface area contributed by atoms with E-state index in [9.17, 15) is 19.2 Å². The molecule has 2 atom stereocenters. The van der Waals surface area contributed by atoms with E-state index in [1.54, 1.807) is 30.0 Å². The second-order valence-corrected chi connectivity index (χ2v) is 8.11. The number of carbonyl (C=O) groups is 4. The van der Waals surface area contributed by atoms with Crippen molar-refractivity contribution in [3.63, 3.8) is 0 Å². The van der Waals surface area contributed by atoms with E-state index in [-0.39, 0.29) is 30.7 Å². The van der Waals surface area contributed by atoms with Crippen molar-refractivity contribution in [1.29, 1.82) is 0 Å². The molecule has 2 N–H and O–H groups in total. The zero-order valence-corrected chi connectivity index (χ0v) is 18.5. The normalized spacial score (nSPS) is 20.1. The molecule has 0 saturated carbocycles. The summed E-state index contributed by atoms with van der Waals surface area (Å²) in [6.07, 6.45) is 0.823. The number of carboxylic acids is 1. The minimum atomic E-state index is -0.846. The van der Waals surface area contributed by atoms with Gasteiger partial charge >= 0.3 is 5.97 Å². The third kappa shape index (κ3) is 4.95. The van der Waals surface area contributed by atoms with E-state index in [4.69, 9.17) is 14.6 Å². The van der Waals surface area contributed by atoms with Crippen LogP contribution >= 0.6 is 0 Å². The van der Waals surface area contributed by atoms with Gasteiger partial charge in [-0.3, -0.25) is 19.2 Å². The lowest BCUT2D eigenvalue weighted by Crippen LogP contribution is -2.51. The largest absolute Gasteiger partial charge is 0.497 e. The summed E-state index contributed by atoms with van der Waals surface area (Å²) in [6, 6.07) is 4.34. The molecule has 0 bridgehead atoms. The van der Waals surface area contributed by atoms with Crippen LogP contribution in [0.2, 0.25) is 0 Å². The lowest BCUT2D eigenvalue weighted by Gasteiger charge is -2.32. The Kier molecular flexibility index (Phi) is 7.22. The number of aliphatic carboxylic acids is 1. The average Bonchev–Trinajstić information content (AvgIpc) is 3.19. The number of carbonyl (C=O) groups excluding carboxylic acids is 3. The number of methoxy groups -OCH3 is 2. The third-order valence-corrected chi connectivity index (χ3v) is 6.06. The SMILES string of the molecule is COc1ccc(OC)c(N2CC(C(=O)NC(C)C(=O)N3CCC(C(=O)O)CC3)CC2=O)c1. The Balaban J connectivity index is 1.60. The monoisotopic (exact) mass is 447 g/mol. The number of nitrogens with one attached hydrogen (secondary N) is 1. The van der Waals surface area contributed by atoms with Crippen LogP contribution in [0.15, 0.2) is 18.2 Å². The number of ether oxygens (including phenoxy) is 2. The molecule has 0 aliphatic carbocycles. The summed E-state index contributed by atoms with van der Waals surface area (Å²) in [5.41, 5.74) is 0.526. The molecule has 174 valence electrons. The summed E-state index contributed by atoms with van der Waals surface area (Å²) in [4.78, 5) is 52.3. The van der Waals surface area contributed by atoms with Gasteiger partial charge in [0.25, 0.3) is 0 Å². The van der Waals surface area contributed by atoms with Gasteiger partial charge in [-0.25, -0.2) is 0 Å². The Bertz CT molecular complexity index is 896. The second kappa shape index (κ2) is 9.88. The smallest absolute Gasteiger partial charge is 0.306 e. The maximum Gasteiger partial charge on any atom is 0.306 e. The molecule has 2 fully saturated rings. The minimum Gasteiger partial charge on any atom is -0.497 e. The quantitative estimate of drug-likeness (QED) is 0.636. The van der Waals surface area contributed by atoms with E-state index in [2.05, 4.69) is 5.32 Å². The molecule has 3 rings (SSSR count). The Morgan fingerprint density at radius 3 is 2.41 bits per heavy atom. The molecule has 32 heavy (non-hydrogen) atoms. The first-order chi connectivity index (χ1) is 15.2. The van der Waals surface area contributed by atoms with Crippen LogP contribution in [-0.4, -0.2) is 73.6 Å². The van der Waals surface area contributed by atoms with Crippen LogP contribution in [-0.2, 0) is 19.2 Å². The fourth-order valence-electron chi connectivity index (χ4n) is 4.14. The predicted molar refractivity (Wildman–Crippen MR) is 115 cm³/mol. The molecule has 1 aromatic rings. The van der Waals surface area contributed by atoms with Crippen molar-refractivity contribution in [3.8, 4) is 11.5 Å². The Morgan fingerprint density at radius 1 is 1.12 bits per heavy atom. The van der Waals surface area contributed by atoms with Gasteiger partial charge in [0.05, 0.1) is 31.7 Å². The summed E-state index contributed by atoms with van der Waals surface area (Å²) in [5, 5.41) is 11.8. The van der Waals surface area contributed by atoms with E-state index >= 15 is 0 Å². The van der Waals surface area contributed by atoms with Gasteiger partial charge in [-0.2, -0.15) is 0 Å². The lowest BCUT2D eigenvalue weighted by atomic mass is 9.96. The molecule has 2 unspecified atom stereocenters. The number of amides is 3. The second-order valence-electron chi connectivity index (χ2n) is 8.11. The third-order valence-electron chi connectivity index (χ3n) is 6.06. The molecule has 2 aliphatic heterocycles. The van der Waals surface area contributed by atoms with Crippen molar-refractivity contribution < 1.29 is 33.8 Å². The van der Waals surface area contributed by atoms with Crippen LogP contribution in [0.4, 0.5) is 5.69 Å². The van der Waals surface area contributed by atoms with Gasteiger partial charge in [0.2, 0.25) is 17.7 Å². The number of carboxylic acid groups (broad SMARTS) is 1. The number of benzene rings is 1. The van der Waals surface area contributed by atoms with E-state index in [0.29, 0.717) is 43.1 Å². The van der Waals surface area contributed by atoms with Crippen LogP contribution in [0.3, 0.4) is 0 Å². The summed E-state index contributed by atoms with van der Waals surface area (Å²) in [6.45, 7) is 2.46. The molecule has 0 spiro atoms. The fourth-order valence-corrected chi connectivity index (χ4v) is 4.14. The Hall–Kier alpha value is -3.30. The number of nitrogens with zero attached hydrogens (tertiary/aromatic N) is 2. The number of likely N-dealkylation sites (tertiary alicyclic amines) is 1. The lowest BCUT2D eigenvalue weighted by molar-refractivity contribution is -0.146. The Labute approximate surface area is 186 Å². The molecule has 0 aromatic heterocycles. The van der Waals surface area contributed by atoms with Crippen molar-refractivity contribution >= 4 is 29.4 Å². The zero-order chi connectivity index (χ0) is 23.4. The molecule has 2 saturated heterocycles. The summed E-state index contributed by atoms with van der Waals surface area (Å²) in [7, 11) is 3.03. The van der Waals surface area contributed by atoms with Crippen LogP contribution in [0.5, 0.6) is 11.5 Å². The van der Waals surface area contributed by atoms with Crippen molar-refractivity contribution in [3.05, 3.63) is 18.2 Å². The number of piperidine rings is 1. The molecule has 2 heterocycles. The summed E-state index contributed by atoms with van der Waals surface area (Å²) < 4.78 is 10.6. The average molecular weight is 447 g/mol. The number of anilines is 1. The number of rotatable bonds is 7. The van der Waals surface area contributed by atoms with Gasteiger partial charge in [0.15, 0.2) is 0 Å². The van der Waals surface area contributed by atoms with Gasteiger partial charge in [-0.05, 0) is 31.9 Å². The highest BCUT2D eigenvalue weighted by atomic mass is 16.5. The summed E-state index contributed by atoms with van der Waals surface area (Å²) >= 11 is 0. The Morgan fingerprint density at radius 2 is 1.81 bits per heavy atom. The minimum absolute atomic E-state index is 0.0249. The molecule has 10 nitrogen and oxygen atoms in total. The molecular weight excluding hydrogens is 418 g/mol. The van der Waals surface area contributed by atoms with Crippen LogP contribution in [0.25, 0.3) is 0 Å². The van der Waals surface area contributed by atoms with Gasteiger partial charge in [-0.15, -0.1) is 0 Å². The van der Waals surface area contributed by atoms with Gasteiger partial charge in [-0.1, -0.05) is 0 Å². The van der Waals surface area contributed by atoms with E-state index < -0.39 is 23.8 Å². The maximum atomic E-state index is 12.8. The van der Waals surface area contributed by atoms with Crippen LogP contribution < -0.4 is 19.7 Å². The van der Waals surface area contributed by atoms with Crippen molar-refractivity contribution in [2.45, 2.75) is 32.2 Å². The first kappa shape index (κ1) is 23.4. The molecule has 0 radical (unpaired) electrons. The van der Waals surface area contributed by atoms with Crippen molar-refractivity contribution in [2.75, 3.05) is 38.8 Å². The maximum absolute atomic E-state index is 12.8. The first-order valence-electron chi connectivity index (χ1n) is 10.6. The highest BCUT2D eigenvalue weighted by molar-refractivity contribution is 6.02. The van der Waals surface area contributed by atoms with Gasteiger partial charge in [0.1, 0.15) is 17.5 Å². The topological polar surface area (TPSA) is 125 Å². The molecular formula is C22H29N3O7. The van der Waals surface area contributed by atoms with Crippen molar-refractivity contribution in [2.24, 2.45) is 11.8 Å². The van der Waals surface area contributed by atoms with Gasteiger partial charge < -0.3 is 29.7 Å². The standard InChI is InChI=1S/C22H29N3O7/c1-13(21(28)24-8-6-14(7-9-24)22(29)30)23-20(27)15-10-19(26)25(12-15)17-11-16(31-2)4-5-18(17)32-3/h4-5,11,13-15H,6-10,12H2,1-3H3,(H,23,27)(H,29,30). The molecule has 3 amide bonds. The van der Waals surface area contributed by atoms with Crippen LogP contribution in [0.1, 0.15) is 26.2 Å². The first-order valence-corrected chi connectivity index (χ1v) is 10.6. The molecule has 1 aromatic carbocycles. The highest BCUT2D eigenvalue weighted by Crippen LogP contribution is 2.36. The zero-order valence-electron chi connectivity index (χ0n) is 18.5. The van der Waals surface area contributed by atoms with E-state index in [0.717, 1.165) is 0 Å². The predicted octanol–water partition coefficient (Wildman–Crippen LogP) is 0.885. The summed E-state index contributed by atoms with van der Waals surface area (Å²) in [5.74, 6) is -1.67. The van der Waals surface area contributed by atoms with E-state index in [1.165, 1.54) is 19.1 Å². The number of hydrogen-bond acceptors (Lipinski definition) is 6.